The molecule has 1 aliphatic heterocycles. The molecule has 0 aromatic carbocycles. The van der Waals surface area contributed by atoms with Gasteiger partial charge in [-0.2, -0.15) is 0 Å². The zero-order valence-electron chi connectivity index (χ0n) is 5.86. The van der Waals surface area contributed by atoms with E-state index in [0.29, 0.717) is 0 Å². The van der Waals surface area contributed by atoms with Gasteiger partial charge in [0.1, 0.15) is 6.26 Å². The number of hydrogen-bond donors (Lipinski definition) is 0. The molecule has 0 amide bonds. The molecule has 0 unspecified atom stereocenters. The third-order valence-electron chi connectivity index (χ3n) is 1.19. The highest BCUT2D eigenvalue weighted by Gasteiger charge is 1.96. The van der Waals surface area contributed by atoms with Crippen molar-refractivity contribution < 1.29 is 4.84 Å². The summed E-state index contributed by atoms with van der Waals surface area (Å²) >= 11 is 0. The minimum absolute atomic E-state index is 0.865. The largest absolute Gasteiger partial charge is 0.388 e. The minimum atomic E-state index is 0.865. The molecule has 0 fully saturated rings. The monoisotopic (exact) mass is 137 g/mol. The van der Waals surface area contributed by atoms with Gasteiger partial charge in [-0.15, -0.1) is 6.58 Å². The summed E-state index contributed by atoms with van der Waals surface area (Å²) in [5.41, 5.74) is 0. The molecule has 0 saturated heterocycles. The second-order valence-corrected chi connectivity index (χ2v) is 1.99. The first kappa shape index (κ1) is 6.93. The Kier molecular flexibility index (Phi) is 2.62. The van der Waals surface area contributed by atoms with E-state index >= 15 is 0 Å². The maximum Gasteiger partial charge on any atom is 0.119 e. The first-order valence-corrected chi connectivity index (χ1v) is 3.31. The zero-order chi connectivity index (χ0) is 7.23. The van der Waals surface area contributed by atoms with Crippen LogP contribution in [0.5, 0.6) is 0 Å². The van der Waals surface area contributed by atoms with Crippen LogP contribution < -0.4 is 0 Å². The molecule has 54 valence electrons. The molecule has 0 saturated carbocycles. The molecular formula is C8H11NO. The summed E-state index contributed by atoms with van der Waals surface area (Å²) in [4.78, 5) is 5.10. The predicted molar refractivity (Wildman–Crippen MR) is 40.9 cm³/mol. The smallest absolute Gasteiger partial charge is 0.119 e. The third-order valence-corrected chi connectivity index (χ3v) is 1.19. The predicted octanol–water partition coefficient (Wildman–Crippen LogP) is 1.84. The highest BCUT2D eigenvalue weighted by Crippen LogP contribution is 2.00. The minimum Gasteiger partial charge on any atom is -0.388 e. The van der Waals surface area contributed by atoms with Gasteiger partial charge in [0.15, 0.2) is 0 Å². The fourth-order valence-corrected chi connectivity index (χ4v) is 0.685. The van der Waals surface area contributed by atoms with E-state index in [9.17, 15) is 0 Å². The second-order valence-electron chi connectivity index (χ2n) is 1.99. The van der Waals surface area contributed by atoms with Crippen LogP contribution >= 0.6 is 0 Å². The fraction of sp³-hybridized carbons (Fsp3) is 0.250. The molecule has 0 N–H and O–H groups in total. The molecule has 2 heteroatoms. The van der Waals surface area contributed by atoms with Gasteiger partial charge in [0.25, 0.3) is 0 Å². The molecule has 0 radical (unpaired) electrons. The Morgan fingerprint density at radius 2 is 2.40 bits per heavy atom. The first-order valence-electron chi connectivity index (χ1n) is 3.31. The van der Waals surface area contributed by atoms with Crippen LogP contribution in [0.3, 0.4) is 0 Å². The van der Waals surface area contributed by atoms with Crippen molar-refractivity contribution in [2.24, 2.45) is 0 Å². The summed E-state index contributed by atoms with van der Waals surface area (Å²) in [5, 5.41) is 1.77. The highest BCUT2D eigenvalue weighted by atomic mass is 16.7. The van der Waals surface area contributed by atoms with E-state index in [4.69, 9.17) is 4.84 Å². The van der Waals surface area contributed by atoms with Crippen LogP contribution in [0, 0.1) is 0 Å². The SMILES string of the molecule is C=CCCN1C=CC=CO1. The Morgan fingerprint density at radius 1 is 1.50 bits per heavy atom. The topological polar surface area (TPSA) is 12.5 Å². The van der Waals surface area contributed by atoms with Crippen molar-refractivity contribution in [1.82, 2.24) is 5.06 Å². The molecule has 0 aliphatic carbocycles. The summed E-state index contributed by atoms with van der Waals surface area (Å²) < 4.78 is 0. The van der Waals surface area contributed by atoms with Gasteiger partial charge >= 0.3 is 0 Å². The molecule has 10 heavy (non-hydrogen) atoms. The Bertz CT molecular complexity index is 161. The lowest BCUT2D eigenvalue weighted by molar-refractivity contribution is -0.0578. The molecule has 2 nitrogen and oxygen atoms in total. The first-order chi connectivity index (χ1) is 4.93. The van der Waals surface area contributed by atoms with Crippen molar-refractivity contribution in [3.8, 4) is 0 Å². The lowest BCUT2D eigenvalue weighted by Gasteiger charge is -2.18. The van der Waals surface area contributed by atoms with Crippen molar-refractivity contribution in [3.05, 3.63) is 37.3 Å². The Hall–Kier alpha value is -1.18. The van der Waals surface area contributed by atoms with Gasteiger partial charge < -0.3 is 4.84 Å². The van der Waals surface area contributed by atoms with Crippen LogP contribution in [0.25, 0.3) is 0 Å². The summed E-state index contributed by atoms with van der Waals surface area (Å²) in [7, 11) is 0. The number of rotatable bonds is 3. The Balaban J connectivity index is 2.23. The summed E-state index contributed by atoms with van der Waals surface area (Å²) in [6.45, 7) is 4.49. The van der Waals surface area contributed by atoms with Gasteiger partial charge in [-0.1, -0.05) is 6.08 Å². The molecule has 0 aromatic rings. The number of allylic oxidation sites excluding steroid dienone is 2. The van der Waals surface area contributed by atoms with Crippen molar-refractivity contribution in [3.63, 3.8) is 0 Å². The van der Waals surface area contributed by atoms with Crippen LogP contribution in [0.4, 0.5) is 0 Å². The molecule has 0 atom stereocenters. The molecule has 0 spiro atoms. The Labute approximate surface area is 61.0 Å². The lowest BCUT2D eigenvalue weighted by Crippen LogP contribution is -2.17. The van der Waals surface area contributed by atoms with Crippen LogP contribution in [0.2, 0.25) is 0 Å². The van der Waals surface area contributed by atoms with E-state index in [1.165, 1.54) is 0 Å². The summed E-state index contributed by atoms with van der Waals surface area (Å²) in [6, 6.07) is 0. The zero-order valence-corrected chi connectivity index (χ0v) is 5.86. The van der Waals surface area contributed by atoms with Gasteiger partial charge in [-0.3, -0.25) is 0 Å². The molecule has 1 aliphatic rings. The van der Waals surface area contributed by atoms with E-state index in [0.717, 1.165) is 13.0 Å². The van der Waals surface area contributed by atoms with Gasteiger partial charge in [-0.25, -0.2) is 5.06 Å². The standard InChI is InChI=1S/C8H11NO/c1-2-3-6-9-7-4-5-8-10-9/h2,4-5,7-8H,1,3,6H2. The van der Waals surface area contributed by atoms with Crippen LogP contribution in [0.1, 0.15) is 6.42 Å². The maximum atomic E-state index is 5.10. The van der Waals surface area contributed by atoms with Gasteiger partial charge in [-0.05, 0) is 18.6 Å². The normalized spacial score (nSPS) is 15.0. The maximum absolute atomic E-state index is 5.10. The Morgan fingerprint density at radius 3 is 3.00 bits per heavy atom. The van der Waals surface area contributed by atoms with E-state index in [-0.39, 0.29) is 0 Å². The molecule has 1 heterocycles. The summed E-state index contributed by atoms with van der Waals surface area (Å²) in [5.74, 6) is 0. The molecular weight excluding hydrogens is 126 g/mol. The molecule has 1 rings (SSSR count). The summed E-state index contributed by atoms with van der Waals surface area (Å²) in [6.07, 6.45) is 10.2. The second kappa shape index (κ2) is 3.77. The molecule has 0 bridgehead atoms. The average molecular weight is 137 g/mol. The van der Waals surface area contributed by atoms with Crippen LogP contribution in [-0.4, -0.2) is 11.6 Å². The average Bonchev–Trinajstić information content (AvgIpc) is 2.03. The lowest BCUT2D eigenvalue weighted by atomic mass is 10.4. The number of hydroxylamine groups is 2. The van der Waals surface area contributed by atoms with E-state index in [2.05, 4.69) is 6.58 Å². The van der Waals surface area contributed by atoms with Gasteiger partial charge in [0.2, 0.25) is 0 Å². The highest BCUT2D eigenvalue weighted by molar-refractivity contribution is 5.01. The van der Waals surface area contributed by atoms with Crippen LogP contribution in [-0.2, 0) is 4.84 Å². The fourth-order valence-electron chi connectivity index (χ4n) is 0.685. The van der Waals surface area contributed by atoms with E-state index < -0.39 is 0 Å². The van der Waals surface area contributed by atoms with Crippen LogP contribution in [0.15, 0.2) is 37.3 Å². The van der Waals surface area contributed by atoms with E-state index in [1.54, 1.807) is 11.3 Å². The quantitative estimate of drug-likeness (QED) is 0.550. The van der Waals surface area contributed by atoms with Crippen molar-refractivity contribution in [1.29, 1.82) is 0 Å². The van der Waals surface area contributed by atoms with E-state index in [1.807, 2.05) is 24.4 Å². The van der Waals surface area contributed by atoms with Gasteiger partial charge in [0, 0.05) is 6.20 Å². The van der Waals surface area contributed by atoms with Crippen molar-refractivity contribution in [2.75, 3.05) is 6.54 Å². The number of hydrogen-bond acceptors (Lipinski definition) is 2. The number of nitrogens with zero attached hydrogens (tertiary/aromatic N) is 1. The van der Waals surface area contributed by atoms with Crippen molar-refractivity contribution in [2.45, 2.75) is 6.42 Å². The van der Waals surface area contributed by atoms with Gasteiger partial charge in [0.05, 0.1) is 6.54 Å². The molecule has 0 aromatic heterocycles. The van der Waals surface area contributed by atoms with Crippen molar-refractivity contribution >= 4 is 0 Å². The third kappa shape index (κ3) is 1.97.